The summed E-state index contributed by atoms with van der Waals surface area (Å²) in [6.07, 6.45) is 2.86. The quantitative estimate of drug-likeness (QED) is 0.422. The van der Waals surface area contributed by atoms with Crippen LogP contribution in [0.2, 0.25) is 0 Å². The molecule has 118 valence electrons. The second-order valence-electron chi connectivity index (χ2n) is 4.52. The second-order valence-corrected chi connectivity index (χ2v) is 4.52. The van der Waals surface area contributed by atoms with Gasteiger partial charge in [-0.05, 0) is 10.8 Å². The maximum atomic E-state index is 12.3. The fourth-order valence-corrected chi connectivity index (χ4v) is 1.97. The van der Waals surface area contributed by atoms with Crippen LogP contribution in [-0.2, 0) is 19.1 Å². The lowest BCUT2D eigenvalue weighted by Crippen LogP contribution is -2.35. The standard InChI is InChI=1S/C17H15NO5/c1-22-16(20)14(17(21)23-2)18-10-8-13(9-11-18)15(19)12-6-4-3-5-7-12/h3-11H,1-2H3. The first-order chi connectivity index (χ1) is 11.1. The summed E-state index contributed by atoms with van der Waals surface area (Å²) in [6, 6.07) is 11.8. The molecule has 0 radical (unpaired) electrons. The fourth-order valence-electron chi connectivity index (χ4n) is 1.97. The first-order valence-electron chi connectivity index (χ1n) is 6.73. The normalized spacial score (nSPS) is 9.83. The van der Waals surface area contributed by atoms with Gasteiger partial charge in [-0.15, -0.1) is 0 Å². The van der Waals surface area contributed by atoms with Gasteiger partial charge in [0, 0.05) is 12.1 Å². The van der Waals surface area contributed by atoms with Gasteiger partial charge >= 0.3 is 17.7 Å². The Kier molecular flexibility index (Phi) is 5.09. The van der Waals surface area contributed by atoms with Crippen molar-refractivity contribution >= 4 is 17.7 Å². The minimum absolute atomic E-state index is 0.157. The smallest absolute Gasteiger partial charge is 0.411 e. The van der Waals surface area contributed by atoms with Gasteiger partial charge in [0.05, 0.1) is 14.2 Å². The Morgan fingerprint density at radius 1 is 0.913 bits per heavy atom. The molecule has 6 heteroatoms. The Morgan fingerprint density at radius 3 is 1.91 bits per heavy atom. The molecular formula is C17H15NO5. The molecule has 0 fully saturated rings. The SMILES string of the molecule is COC(=O)C(C(=O)OC)=[n+]1ccc(=C([O-])c2ccccc2)cc1. The molecule has 1 heterocycles. The van der Waals surface area contributed by atoms with Crippen molar-refractivity contribution in [2.24, 2.45) is 0 Å². The Morgan fingerprint density at radius 2 is 1.43 bits per heavy atom. The Hall–Kier alpha value is -3.15. The van der Waals surface area contributed by atoms with Gasteiger partial charge in [0.15, 0.2) is 12.4 Å². The fraction of sp³-hybridized carbons (Fsp3) is 0.118. The topological polar surface area (TPSA) is 81.6 Å². The lowest BCUT2D eigenvalue weighted by molar-refractivity contribution is -0.517. The Bertz CT molecular complexity index is 802. The third-order valence-corrected chi connectivity index (χ3v) is 3.14. The van der Waals surface area contributed by atoms with Crippen LogP contribution < -0.4 is 14.6 Å². The van der Waals surface area contributed by atoms with Crippen LogP contribution in [0.1, 0.15) is 5.56 Å². The van der Waals surface area contributed by atoms with Crippen LogP contribution >= 0.6 is 0 Å². The van der Waals surface area contributed by atoms with E-state index in [-0.39, 0.29) is 11.5 Å². The van der Waals surface area contributed by atoms with Crippen molar-refractivity contribution in [3.63, 3.8) is 0 Å². The third kappa shape index (κ3) is 3.55. The first kappa shape index (κ1) is 16.2. The van der Waals surface area contributed by atoms with E-state index in [1.807, 2.05) is 6.07 Å². The summed E-state index contributed by atoms with van der Waals surface area (Å²) in [5, 5.41) is 12.7. The van der Waals surface area contributed by atoms with E-state index in [1.54, 1.807) is 24.3 Å². The van der Waals surface area contributed by atoms with E-state index < -0.39 is 11.9 Å². The van der Waals surface area contributed by atoms with Crippen molar-refractivity contribution in [2.75, 3.05) is 14.2 Å². The van der Waals surface area contributed by atoms with E-state index in [1.165, 1.54) is 43.0 Å². The summed E-state index contributed by atoms with van der Waals surface area (Å²) in [5.41, 5.74) is 0.254. The van der Waals surface area contributed by atoms with Crippen LogP contribution in [0, 0.1) is 5.71 Å². The van der Waals surface area contributed by atoms with Gasteiger partial charge < -0.3 is 14.6 Å². The lowest BCUT2D eigenvalue weighted by atomic mass is 10.1. The predicted molar refractivity (Wildman–Crippen MR) is 77.9 cm³/mol. The summed E-state index contributed by atoms with van der Waals surface area (Å²) < 4.78 is 10.4. The van der Waals surface area contributed by atoms with Crippen molar-refractivity contribution in [3.8, 4) is 0 Å². The first-order valence-corrected chi connectivity index (χ1v) is 6.73. The molecule has 0 bridgehead atoms. The molecule has 0 N–H and O–H groups in total. The molecular weight excluding hydrogens is 298 g/mol. The van der Waals surface area contributed by atoms with Gasteiger partial charge in [0.2, 0.25) is 0 Å². The zero-order valence-electron chi connectivity index (χ0n) is 12.7. The van der Waals surface area contributed by atoms with Gasteiger partial charge in [0.25, 0.3) is 0 Å². The number of benzene rings is 1. The highest BCUT2D eigenvalue weighted by atomic mass is 16.5. The van der Waals surface area contributed by atoms with Crippen LogP contribution in [0.15, 0.2) is 54.9 Å². The largest absolute Gasteiger partial charge is 0.872 e. The van der Waals surface area contributed by atoms with Gasteiger partial charge in [-0.25, -0.2) is 9.59 Å². The highest BCUT2D eigenvalue weighted by molar-refractivity contribution is 6.05. The van der Waals surface area contributed by atoms with E-state index in [4.69, 9.17) is 0 Å². The average molecular weight is 313 g/mol. The molecule has 1 aromatic carbocycles. The lowest BCUT2D eigenvalue weighted by Gasteiger charge is -2.11. The van der Waals surface area contributed by atoms with Crippen molar-refractivity contribution < 1.29 is 28.4 Å². The highest BCUT2D eigenvalue weighted by Crippen LogP contribution is 2.03. The Balaban J connectivity index is 2.59. The molecule has 1 aromatic heterocycles. The monoisotopic (exact) mass is 313 g/mol. The number of aromatic nitrogens is 1. The minimum Gasteiger partial charge on any atom is -0.872 e. The van der Waals surface area contributed by atoms with Gasteiger partial charge in [-0.1, -0.05) is 36.1 Å². The van der Waals surface area contributed by atoms with E-state index in [2.05, 4.69) is 9.47 Å². The van der Waals surface area contributed by atoms with Crippen molar-refractivity contribution in [2.45, 2.75) is 0 Å². The number of ether oxygens (including phenoxy) is 2. The molecule has 0 spiro atoms. The zero-order valence-corrected chi connectivity index (χ0v) is 12.7. The van der Waals surface area contributed by atoms with Crippen LogP contribution in [0.25, 0.3) is 5.76 Å². The molecule has 2 rings (SSSR count). The molecule has 0 aliphatic rings. The van der Waals surface area contributed by atoms with Crippen LogP contribution in [0.4, 0.5) is 0 Å². The number of hydrogen-bond acceptors (Lipinski definition) is 5. The average Bonchev–Trinajstić information content (AvgIpc) is 2.62. The number of rotatable bonds is 3. The number of hydrogen-bond donors (Lipinski definition) is 0. The van der Waals surface area contributed by atoms with E-state index >= 15 is 0 Å². The maximum absolute atomic E-state index is 12.3. The minimum atomic E-state index is -0.830. The van der Waals surface area contributed by atoms with Crippen LogP contribution in [0.3, 0.4) is 0 Å². The molecule has 0 aliphatic carbocycles. The molecule has 0 unspecified atom stereocenters. The van der Waals surface area contributed by atoms with E-state index in [0.29, 0.717) is 10.8 Å². The predicted octanol–water partition coefficient (Wildman–Crippen LogP) is -0.783. The molecule has 0 atom stereocenters. The van der Waals surface area contributed by atoms with Crippen LogP contribution in [0.5, 0.6) is 0 Å². The molecule has 0 aliphatic heterocycles. The molecule has 0 saturated carbocycles. The van der Waals surface area contributed by atoms with Crippen molar-refractivity contribution in [1.29, 1.82) is 0 Å². The van der Waals surface area contributed by atoms with Crippen molar-refractivity contribution in [3.05, 3.63) is 71.4 Å². The maximum Gasteiger partial charge on any atom is 0.411 e. The zero-order chi connectivity index (χ0) is 16.8. The summed E-state index contributed by atoms with van der Waals surface area (Å²) in [5.74, 6) is -1.82. The number of nitrogens with zero attached hydrogens (tertiary/aromatic N) is 1. The number of pyridine rings is 1. The second kappa shape index (κ2) is 7.22. The molecule has 2 aromatic rings. The van der Waals surface area contributed by atoms with Gasteiger partial charge in [-0.3, -0.25) is 0 Å². The highest BCUT2D eigenvalue weighted by Gasteiger charge is 2.30. The molecule has 23 heavy (non-hydrogen) atoms. The van der Waals surface area contributed by atoms with Crippen LogP contribution in [-0.4, -0.2) is 26.2 Å². The summed E-state index contributed by atoms with van der Waals surface area (Å²) >= 11 is 0. The van der Waals surface area contributed by atoms with E-state index in [0.717, 1.165) is 0 Å². The molecule has 0 amide bonds. The molecule has 0 saturated heterocycles. The van der Waals surface area contributed by atoms with Gasteiger partial charge in [0.1, 0.15) is 0 Å². The summed E-state index contributed by atoms with van der Waals surface area (Å²) in [7, 11) is 2.33. The third-order valence-electron chi connectivity index (χ3n) is 3.14. The summed E-state index contributed by atoms with van der Waals surface area (Å²) in [4.78, 5) is 23.4. The van der Waals surface area contributed by atoms with Crippen molar-refractivity contribution in [1.82, 2.24) is 0 Å². The number of carbonyl (C=O) groups is 2. The number of methoxy groups -OCH3 is 2. The number of carbonyl (C=O) groups excluding carboxylic acids is 2. The summed E-state index contributed by atoms with van der Waals surface area (Å²) in [6.45, 7) is 0. The molecule has 6 nitrogen and oxygen atoms in total. The van der Waals surface area contributed by atoms with Gasteiger partial charge in [-0.2, -0.15) is 4.24 Å². The Labute approximate surface area is 132 Å². The number of esters is 2. The van der Waals surface area contributed by atoms with E-state index in [9.17, 15) is 14.7 Å².